The number of piperidine rings is 1. The third kappa shape index (κ3) is 18.9. The van der Waals surface area contributed by atoms with E-state index >= 15 is 0 Å². The van der Waals surface area contributed by atoms with Crippen molar-refractivity contribution in [3.63, 3.8) is 0 Å². The monoisotopic (exact) mass is 546 g/mol. The average molecular weight is 546 g/mol. The fraction of sp³-hybridized carbons (Fsp3) is 1.00. The molecule has 2 fully saturated rings. The Morgan fingerprint density at radius 2 is 0.949 bits per heavy atom. The molecule has 1 saturated heterocycles. The molecule has 0 bridgehead atoms. The van der Waals surface area contributed by atoms with Gasteiger partial charge < -0.3 is 4.90 Å². The van der Waals surface area contributed by atoms with Crippen LogP contribution in [0.25, 0.3) is 0 Å². The molecule has 0 aromatic heterocycles. The number of likely N-dealkylation sites (tertiary alicyclic amines) is 1. The lowest BCUT2D eigenvalue weighted by molar-refractivity contribution is 0.172. The predicted octanol–water partition coefficient (Wildman–Crippen LogP) is 12.8. The Labute approximate surface area is 248 Å². The second-order valence-electron chi connectivity index (χ2n) is 14.3. The molecule has 3 atom stereocenters. The topological polar surface area (TPSA) is 3.24 Å². The van der Waals surface area contributed by atoms with Crippen LogP contribution in [0.2, 0.25) is 0 Å². The maximum absolute atomic E-state index is 2.71. The van der Waals surface area contributed by atoms with Crippen LogP contribution in [0.1, 0.15) is 201 Å². The van der Waals surface area contributed by atoms with E-state index in [1.807, 2.05) is 0 Å². The maximum atomic E-state index is 2.71. The van der Waals surface area contributed by atoms with Gasteiger partial charge in [-0.2, -0.15) is 0 Å². The molecule has 1 heteroatoms. The van der Waals surface area contributed by atoms with E-state index in [1.54, 1.807) is 19.3 Å². The van der Waals surface area contributed by atoms with Crippen molar-refractivity contribution in [2.75, 3.05) is 19.6 Å². The smallest absolute Gasteiger partial charge is 0.00161 e. The van der Waals surface area contributed by atoms with Gasteiger partial charge in [0.05, 0.1) is 0 Å². The van der Waals surface area contributed by atoms with Crippen molar-refractivity contribution in [1.29, 1.82) is 0 Å². The molecule has 0 N–H and O–H groups in total. The number of unbranched alkanes of at least 4 members (excludes halogenated alkanes) is 15. The highest BCUT2D eigenvalue weighted by Gasteiger charge is 2.35. The van der Waals surface area contributed by atoms with Gasteiger partial charge in [-0.1, -0.05) is 175 Å². The maximum Gasteiger partial charge on any atom is -0.00161 e. The quantitative estimate of drug-likeness (QED) is 0.0883. The second kappa shape index (κ2) is 24.5. The molecule has 0 aromatic rings. The Kier molecular flexibility index (Phi) is 22.1. The van der Waals surface area contributed by atoms with Gasteiger partial charge in [-0.3, -0.25) is 0 Å². The van der Waals surface area contributed by atoms with Crippen molar-refractivity contribution in [2.45, 2.75) is 201 Å². The van der Waals surface area contributed by atoms with E-state index in [-0.39, 0.29) is 0 Å². The molecule has 39 heavy (non-hydrogen) atoms. The van der Waals surface area contributed by atoms with Gasteiger partial charge >= 0.3 is 0 Å². The molecule has 1 aliphatic heterocycles. The minimum atomic E-state index is 1.03. The van der Waals surface area contributed by atoms with Gasteiger partial charge in [0.2, 0.25) is 0 Å². The zero-order chi connectivity index (χ0) is 27.8. The van der Waals surface area contributed by atoms with Crippen LogP contribution in [0, 0.1) is 23.7 Å². The third-order valence-electron chi connectivity index (χ3n) is 10.6. The van der Waals surface area contributed by atoms with Gasteiger partial charge in [-0.25, -0.2) is 0 Å². The van der Waals surface area contributed by atoms with Crippen molar-refractivity contribution in [3.8, 4) is 0 Å². The van der Waals surface area contributed by atoms with Crippen molar-refractivity contribution < 1.29 is 0 Å². The standard InChI is InChI=1S/C38H75N/c1-4-7-9-11-13-15-19-23-35(27-28-36-29-32-39(31-6-3)33-30-36)24-20-16-14-18-22-26-38-34-37(38)25-21-17-12-10-8-5-2/h35-38H,4-34H2,1-3H3. The number of rotatable bonds is 28. The summed E-state index contributed by atoms with van der Waals surface area (Å²) in [4.78, 5) is 2.71. The van der Waals surface area contributed by atoms with Crippen LogP contribution in [-0.4, -0.2) is 24.5 Å². The third-order valence-corrected chi connectivity index (χ3v) is 10.6. The van der Waals surface area contributed by atoms with Crippen molar-refractivity contribution in [2.24, 2.45) is 23.7 Å². The molecule has 3 unspecified atom stereocenters. The first-order valence-electron chi connectivity index (χ1n) is 19.0. The molecule has 0 amide bonds. The first-order valence-corrected chi connectivity index (χ1v) is 19.0. The van der Waals surface area contributed by atoms with Crippen LogP contribution in [-0.2, 0) is 0 Å². The molecule has 0 spiro atoms. The Morgan fingerprint density at radius 1 is 0.487 bits per heavy atom. The summed E-state index contributed by atoms with van der Waals surface area (Å²) in [7, 11) is 0. The normalized spacial score (nSPS) is 21.0. The highest BCUT2D eigenvalue weighted by Crippen LogP contribution is 2.45. The van der Waals surface area contributed by atoms with Crippen LogP contribution < -0.4 is 0 Å². The van der Waals surface area contributed by atoms with Gasteiger partial charge in [0.1, 0.15) is 0 Å². The summed E-state index contributed by atoms with van der Waals surface area (Å²) in [6, 6.07) is 0. The summed E-state index contributed by atoms with van der Waals surface area (Å²) in [6.07, 6.45) is 41.7. The zero-order valence-electron chi connectivity index (χ0n) is 27.7. The summed E-state index contributed by atoms with van der Waals surface area (Å²) >= 11 is 0. The SMILES string of the molecule is CCCCCCCCCC(CCCCCCCC1CC1CCCCCCCC)CCC1CCN(CCC)CC1. The zero-order valence-corrected chi connectivity index (χ0v) is 27.7. The van der Waals surface area contributed by atoms with Crippen LogP contribution >= 0.6 is 0 Å². The first kappa shape index (κ1) is 35.2. The summed E-state index contributed by atoms with van der Waals surface area (Å²) in [5, 5.41) is 0. The summed E-state index contributed by atoms with van der Waals surface area (Å²) < 4.78 is 0. The van der Waals surface area contributed by atoms with Crippen LogP contribution in [0.3, 0.4) is 0 Å². The molecular formula is C38H75N. The van der Waals surface area contributed by atoms with Crippen molar-refractivity contribution >= 4 is 0 Å². The minimum absolute atomic E-state index is 1.03. The fourth-order valence-corrected chi connectivity index (χ4v) is 7.68. The van der Waals surface area contributed by atoms with Crippen molar-refractivity contribution in [3.05, 3.63) is 0 Å². The Balaban J connectivity index is 1.50. The van der Waals surface area contributed by atoms with E-state index in [4.69, 9.17) is 0 Å². The van der Waals surface area contributed by atoms with E-state index in [0.29, 0.717) is 0 Å². The Hall–Kier alpha value is -0.0400. The molecule has 1 aliphatic carbocycles. The Bertz CT molecular complexity index is 507. The molecule has 2 aliphatic rings. The van der Waals surface area contributed by atoms with Crippen molar-refractivity contribution in [1.82, 2.24) is 4.90 Å². The number of nitrogens with zero attached hydrogens (tertiary/aromatic N) is 1. The molecule has 0 aromatic carbocycles. The average Bonchev–Trinajstić information content (AvgIpc) is 3.71. The summed E-state index contributed by atoms with van der Waals surface area (Å²) in [6.45, 7) is 11.1. The minimum Gasteiger partial charge on any atom is -0.303 e. The van der Waals surface area contributed by atoms with E-state index in [0.717, 1.165) is 23.7 Å². The molecule has 1 heterocycles. The highest BCUT2D eigenvalue weighted by atomic mass is 15.1. The summed E-state index contributed by atoms with van der Waals surface area (Å²) in [5.41, 5.74) is 0. The van der Waals surface area contributed by atoms with Gasteiger partial charge in [0.25, 0.3) is 0 Å². The van der Waals surface area contributed by atoms with E-state index < -0.39 is 0 Å². The fourth-order valence-electron chi connectivity index (χ4n) is 7.68. The van der Waals surface area contributed by atoms with E-state index in [9.17, 15) is 0 Å². The molecule has 232 valence electrons. The Morgan fingerprint density at radius 3 is 1.44 bits per heavy atom. The second-order valence-corrected chi connectivity index (χ2v) is 14.3. The van der Waals surface area contributed by atoms with Crippen LogP contribution in [0.4, 0.5) is 0 Å². The molecule has 1 nitrogen and oxygen atoms in total. The lowest BCUT2D eigenvalue weighted by atomic mass is 9.84. The van der Waals surface area contributed by atoms with Gasteiger partial charge in [-0.15, -0.1) is 0 Å². The van der Waals surface area contributed by atoms with Crippen LogP contribution in [0.15, 0.2) is 0 Å². The van der Waals surface area contributed by atoms with Gasteiger partial charge in [-0.05, 0) is 69.0 Å². The van der Waals surface area contributed by atoms with Gasteiger partial charge in [0, 0.05) is 0 Å². The molecule has 2 rings (SSSR count). The number of hydrogen-bond donors (Lipinski definition) is 0. The first-order chi connectivity index (χ1) is 19.3. The lowest BCUT2D eigenvalue weighted by Gasteiger charge is -2.32. The number of hydrogen-bond acceptors (Lipinski definition) is 1. The molecule has 0 radical (unpaired) electrons. The van der Waals surface area contributed by atoms with Gasteiger partial charge in [0.15, 0.2) is 0 Å². The van der Waals surface area contributed by atoms with Crippen LogP contribution in [0.5, 0.6) is 0 Å². The van der Waals surface area contributed by atoms with E-state index in [1.165, 1.54) is 180 Å². The highest BCUT2D eigenvalue weighted by molar-refractivity contribution is 4.85. The largest absolute Gasteiger partial charge is 0.303 e. The molecular weight excluding hydrogens is 470 g/mol. The molecule has 1 saturated carbocycles. The summed E-state index contributed by atoms with van der Waals surface area (Å²) in [5.74, 6) is 4.31. The predicted molar refractivity (Wildman–Crippen MR) is 177 cm³/mol. The lowest BCUT2D eigenvalue weighted by Crippen LogP contribution is -2.34. The van der Waals surface area contributed by atoms with E-state index in [2.05, 4.69) is 25.7 Å².